The molecule has 0 aliphatic heterocycles. The minimum atomic E-state index is -2.73. The van der Waals surface area contributed by atoms with Gasteiger partial charge in [-0.1, -0.05) is 19.4 Å². The number of aliphatic hydroxyl groups is 1. The molecule has 0 spiro atoms. The zero-order chi connectivity index (χ0) is 16.6. The molecule has 6 atom stereocenters. The molecule has 0 aromatic heterocycles. The van der Waals surface area contributed by atoms with Crippen LogP contribution in [-0.2, 0) is 9.59 Å². The van der Waals surface area contributed by atoms with Crippen LogP contribution in [0.2, 0.25) is 0 Å². The third kappa shape index (κ3) is 1.90. The highest BCUT2D eigenvalue weighted by atomic mass is 19.2. The summed E-state index contributed by atoms with van der Waals surface area (Å²) >= 11 is 0. The molecule has 4 aliphatic carbocycles. The Kier molecular flexibility index (Phi) is 3.05. The van der Waals surface area contributed by atoms with Gasteiger partial charge in [-0.05, 0) is 61.3 Å². The summed E-state index contributed by atoms with van der Waals surface area (Å²) in [6.07, 6.45) is 6.40. The Morgan fingerprint density at radius 3 is 2.52 bits per heavy atom. The molecular weight excluding hydrogens is 295 g/mol. The van der Waals surface area contributed by atoms with Gasteiger partial charge in [0.05, 0.1) is 0 Å². The van der Waals surface area contributed by atoms with Crippen LogP contribution in [0.1, 0.15) is 58.8 Å². The Balaban J connectivity index is 1.73. The molecule has 3 nitrogen and oxygen atoms in total. The van der Waals surface area contributed by atoms with E-state index in [1.54, 1.807) is 0 Å². The first-order chi connectivity index (χ1) is 10.7. The maximum atomic E-state index is 14.4. The molecule has 0 aromatic rings. The predicted molar refractivity (Wildman–Crippen MR) is 83.2 cm³/mol. The van der Waals surface area contributed by atoms with Crippen LogP contribution in [0.4, 0.5) is 4.39 Å². The molecule has 23 heavy (non-hydrogen) atoms. The van der Waals surface area contributed by atoms with Crippen molar-refractivity contribution in [3.8, 4) is 0 Å². The number of halogens is 1. The van der Waals surface area contributed by atoms with Gasteiger partial charge in [-0.2, -0.15) is 0 Å². The van der Waals surface area contributed by atoms with E-state index in [0.717, 1.165) is 37.7 Å². The monoisotopic (exact) mass is 320 g/mol. The highest BCUT2D eigenvalue weighted by Gasteiger charge is 2.61. The Bertz CT molecular complexity index is 622. The van der Waals surface area contributed by atoms with Gasteiger partial charge in [0.1, 0.15) is 5.78 Å². The van der Waals surface area contributed by atoms with Crippen LogP contribution in [0.25, 0.3) is 0 Å². The molecule has 0 aromatic carbocycles. The molecule has 1 N–H and O–H groups in total. The van der Waals surface area contributed by atoms with Crippen LogP contribution in [0.5, 0.6) is 0 Å². The summed E-state index contributed by atoms with van der Waals surface area (Å²) in [5.41, 5.74) is 0.363. The molecule has 4 rings (SSSR count). The van der Waals surface area contributed by atoms with E-state index in [-0.39, 0.29) is 17.8 Å². The smallest absolute Gasteiger partial charge is 0.270 e. The summed E-state index contributed by atoms with van der Waals surface area (Å²) in [5.74, 6) is -2.06. The van der Waals surface area contributed by atoms with Crippen molar-refractivity contribution in [1.29, 1.82) is 0 Å². The van der Waals surface area contributed by atoms with E-state index in [9.17, 15) is 19.1 Å². The maximum absolute atomic E-state index is 14.4. The van der Waals surface area contributed by atoms with Crippen LogP contribution in [0.3, 0.4) is 0 Å². The van der Waals surface area contributed by atoms with Crippen molar-refractivity contribution in [3.05, 3.63) is 11.6 Å². The summed E-state index contributed by atoms with van der Waals surface area (Å²) in [4.78, 5) is 24.2. The van der Waals surface area contributed by atoms with Gasteiger partial charge in [0.15, 0.2) is 0 Å². The van der Waals surface area contributed by atoms with Gasteiger partial charge in [-0.25, -0.2) is 4.39 Å². The van der Waals surface area contributed by atoms with Crippen LogP contribution in [0.15, 0.2) is 11.6 Å². The molecule has 3 fully saturated rings. The standard InChI is InChI=1S/C19H25FO3/c1-17-8-7-14-12(13(17)5-6-15(17)21)4-3-11-9-16(22)19(20,23)10-18(11,14)2/h9,12-14,23H,3-8,10H2,1-2H3/t12-,13-,14-,17-,18-,19?/m0/s1. The Labute approximate surface area is 136 Å². The second-order valence-corrected chi connectivity index (χ2v) is 8.72. The number of fused-ring (bicyclic) bond motifs is 5. The fourth-order valence-electron chi connectivity index (χ4n) is 6.42. The summed E-state index contributed by atoms with van der Waals surface area (Å²) < 4.78 is 14.4. The summed E-state index contributed by atoms with van der Waals surface area (Å²) in [7, 11) is 0. The first kappa shape index (κ1) is 15.5. The van der Waals surface area contributed by atoms with E-state index in [1.165, 1.54) is 6.08 Å². The zero-order valence-electron chi connectivity index (χ0n) is 13.9. The molecule has 1 unspecified atom stereocenters. The van der Waals surface area contributed by atoms with Gasteiger partial charge in [-0.3, -0.25) is 9.59 Å². The normalized spacial score (nSPS) is 52.5. The lowest BCUT2D eigenvalue weighted by Gasteiger charge is -2.57. The average molecular weight is 320 g/mol. The molecule has 0 heterocycles. The molecule has 0 bridgehead atoms. The van der Waals surface area contributed by atoms with Gasteiger partial charge < -0.3 is 5.11 Å². The van der Waals surface area contributed by atoms with Crippen molar-refractivity contribution in [2.45, 2.75) is 64.6 Å². The highest BCUT2D eigenvalue weighted by molar-refractivity contribution is 5.97. The number of ketones is 2. The van der Waals surface area contributed by atoms with Crippen molar-refractivity contribution in [2.24, 2.45) is 28.6 Å². The lowest BCUT2D eigenvalue weighted by molar-refractivity contribution is -0.170. The molecule has 126 valence electrons. The first-order valence-corrected chi connectivity index (χ1v) is 8.88. The number of Topliss-reactive ketones (excluding diaryl/α,β-unsaturated/α-hetero) is 1. The van der Waals surface area contributed by atoms with E-state index in [0.29, 0.717) is 24.0 Å². The highest BCUT2D eigenvalue weighted by Crippen LogP contribution is 2.65. The summed E-state index contributed by atoms with van der Waals surface area (Å²) in [5, 5.41) is 9.90. The Hall–Kier alpha value is -1.03. The molecular formula is C19H25FO3. The van der Waals surface area contributed by atoms with Crippen molar-refractivity contribution >= 4 is 11.6 Å². The fraction of sp³-hybridized carbons (Fsp3) is 0.789. The van der Waals surface area contributed by atoms with E-state index in [4.69, 9.17) is 0 Å². The van der Waals surface area contributed by atoms with Gasteiger partial charge in [0, 0.05) is 18.3 Å². The van der Waals surface area contributed by atoms with E-state index in [1.807, 2.05) is 6.92 Å². The number of rotatable bonds is 0. The number of allylic oxidation sites excluding steroid dienone is 1. The van der Waals surface area contributed by atoms with E-state index < -0.39 is 17.1 Å². The predicted octanol–water partition coefficient (Wildman–Crippen LogP) is 3.36. The zero-order valence-corrected chi connectivity index (χ0v) is 13.9. The second kappa shape index (κ2) is 4.53. The fourth-order valence-corrected chi connectivity index (χ4v) is 6.42. The summed E-state index contributed by atoms with van der Waals surface area (Å²) in [6.45, 7) is 4.14. The lowest BCUT2D eigenvalue weighted by atomic mass is 9.47. The number of carbonyl (C=O) groups is 2. The van der Waals surface area contributed by atoms with E-state index >= 15 is 0 Å². The average Bonchev–Trinajstić information content (AvgIpc) is 2.76. The molecule has 3 saturated carbocycles. The van der Waals surface area contributed by atoms with Crippen LogP contribution in [0, 0.1) is 28.6 Å². The minimum Gasteiger partial charge on any atom is -0.356 e. The number of hydrogen-bond acceptors (Lipinski definition) is 3. The second-order valence-electron chi connectivity index (χ2n) is 8.72. The number of carbonyl (C=O) groups excluding carboxylic acids is 2. The third-order valence-electron chi connectivity index (χ3n) is 7.73. The summed E-state index contributed by atoms with van der Waals surface area (Å²) in [6, 6.07) is 0. The molecule has 0 radical (unpaired) electrons. The topological polar surface area (TPSA) is 54.4 Å². The van der Waals surface area contributed by atoms with Crippen LogP contribution < -0.4 is 0 Å². The van der Waals surface area contributed by atoms with Crippen molar-refractivity contribution < 1.29 is 19.1 Å². The van der Waals surface area contributed by atoms with Crippen molar-refractivity contribution in [3.63, 3.8) is 0 Å². The number of alkyl halides is 1. The lowest BCUT2D eigenvalue weighted by Crippen LogP contribution is -2.54. The molecule has 0 saturated heterocycles. The SMILES string of the molecule is C[C@]12CC(O)(F)C(=O)C=C1CC[C@@H]1[C@@H]2CC[C@]2(C)C(=O)CC[C@@H]12. The Morgan fingerprint density at radius 1 is 1.09 bits per heavy atom. The van der Waals surface area contributed by atoms with E-state index in [2.05, 4.69) is 6.92 Å². The van der Waals surface area contributed by atoms with Gasteiger partial charge in [0.2, 0.25) is 5.78 Å². The van der Waals surface area contributed by atoms with Gasteiger partial charge in [0.25, 0.3) is 5.85 Å². The van der Waals surface area contributed by atoms with Gasteiger partial charge in [-0.15, -0.1) is 0 Å². The largest absolute Gasteiger partial charge is 0.356 e. The van der Waals surface area contributed by atoms with Crippen molar-refractivity contribution in [1.82, 2.24) is 0 Å². The molecule has 4 heteroatoms. The first-order valence-electron chi connectivity index (χ1n) is 8.88. The van der Waals surface area contributed by atoms with Crippen LogP contribution in [-0.4, -0.2) is 22.5 Å². The third-order valence-corrected chi connectivity index (χ3v) is 7.73. The van der Waals surface area contributed by atoms with Crippen molar-refractivity contribution in [2.75, 3.05) is 0 Å². The Morgan fingerprint density at radius 2 is 1.78 bits per heavy atom. The molecule has 4 aliphatic rings. The molecule has 0 amide bonds. The maximum Gasteiger partial charge on any atom is 0.270 e. The van der Waals surface area contributed by atoms with Gasteiger partial charge >= 0.3 is 0 Å². The van der Waals surface area contributed by atoms with Crippen LogP contribution >= 0.6 is 0 Å². The minimum absolute atomic E-state index is 0.122. The number of hydrogen-bond donors (Lipinski definition) is 1. The quantitative estimate of drug-likeness (QED) is 0.744.